The van der Waals surface area contributed by atoms with Crippen molar-refractivity contribution in [2.24, 2.45) is 0 Å². The molecule has 0 fully saturated rings. The molecule has 0 bridgehead atoms. The summed E-state index contributed by atoms with van der Waals surface area (Å²) in [4.78, 5) is 11.9. The molecule has 0 spiro atoms. The maximum absolute atomic E-state index is 14.0. The average molecular weight is 348 g/mol. The van der Waals surface area contributed by atoms with E-state index in [-0.39, 0.29) is 23.5 Å². The molecule has 1 atom stereocenters. The number of amides is 1. The molecule has 1 unspecified atom stereocenters. The first-order valence-electron chi connectivity index (χ1n) is 7.78. The molecule has 2 rings (SSSR count). The first-order valence-corrected chi connectivity index (χ1v) is 8.76. The van der Waals surface area contributed by atoms with Crippen LogP contribution in [0.15, 0.2) is 42.1 Å². The summed E-state index contributed by atoms with van der Waals surface area (Å²) in [5.74, 6) is 0.241. The van der Waals surface area contributed by atoms with Crippen LogP contribution in [0.3, 0.4) is 0 Å². The van der Waals surface area contributed by atoms with Crippen molar-refractivity contribution in [3.63, 3.8) is 0 Å². The molecule has 24 heavy (non-hydrogen) atoms. The van der Waals surface area contributed by atoms with Gasteiger partial charge in [-0.05, 0) is 25.5 Å². The first kappa shape index (κ1) is 18.2. The molecule has 0 aliphatic heterocycles. The molecular formula is C17H21FN4OS. The predicted octanol–water partition coefficient (Wildman–Crippen LogP) is 3.28. The number of aromatic nitrogens is 3. The Hall–Kier alpha value is -2.15. The number of thioether (sulfide) groups is 1. The van der Waals surface area contributed by atoms with E-state index in [9.17, 15) is 9.18 Å². The Kier molecular flexibility index (Phi) is 6.54. The molecule has 0 saturated heterocycles. The normalized spacial score (nSPS) is 12.0. The largest absolute Gasteiger partial charge is 0.353 e. The number of benzene rings is 1. The fourth-order valence-electron chi connectivity index (χ4n) is 2.08. The summed E-state index contributed by atoms with van der Waals surface area (Å²) in [6.45, 7) is 8.13. The molecule has 1 amide bonds. The molecule has 128 valence electrons. The van der Waals surface area contributed by atoms with Crippen molar-refractivity contribution in [1.82, 2.24) is 20.1 Å². The second kappa shape index (κ2) is 8.63. The second-order valence-electron chi connectivity index (χ2n) is 5.35. The summed E-state index contributed by atoms with van der Waals surface area (Å²) in [5, 5.41) is 11.7. The van der Waals surface area contributed by atoms with Gasteiger partial charge in [-0.2, -0.15) is 0 Å². The zero-order valence-electron chi connectivity index (χ0n) is 13.8. The Bertz CT molecular complexity index is 716. The zero-order valence-corrected chi connectivity index (χ0v) is 14.6. The lowest BCUT2D eigenvalue weighted by Gasteiger charge is -2.11. The highest BCUT2D eigenvalue weighted by atomic mass is 32.2. The van der Waals surface area contributed by atoms with Crippen molar-refractivity contribution < 1.29 is 9.18 Å². The smallest absolute Gasteiger partial charge is 0.230 e. The SMILES string of the molecule is C=CCn1c(SCC(=O)NC(C)CC)nnc1-c1ccccc1F. The van der Waals surface area contributed by atoms with Gasteiger partial charge in [0.2, 0.25) is 5.91 Å². The van der Waals surface area contributed by atoms with E-state index in [4.69, 9.17) is 0 Å². The van der Waals surface area contributed by atoms with E-state index in [1.54, 1.807) is 28.8 Å². The average Bonchev–Trinajstić information content (AvgIpc) is 2.96. The third kappa shape index (κ3) is 4.44. The number of allylic oxidation sites excluding steroid dienone is 1. The fraction of sp³-hybridized carbons (Fsp3) is 0.353. The molecule has 0 aliphatic rings. The van der Waals surface area contributed by atoms with Gasteiger partial charge >= 0.3 is 0 Å². The molecule has 5 nitrogen and oxygen atoms in total. The van der Waals surface area contributed by atoms with Crippen LogP contribution in [0.25, 0.3) is 11.4 Å². The van der Waals surface area contributed by atoms with Gasteiger partial charge in [0.15, 0.2) is 11.0 Å². The van der Waals surface area contributed by atoms with Gasteiger partial charge in [0, 0.05) is 12.6 Å². The van der Waals surface area contributed by atoms with Crippen LogP contribution in [0, 0.1) is 5.82 Å². The van der Waals surface area contributed by atoms with Gasteiger partial charge in [-0.25, -0.2) is 4.39 Å². The number of hydrogen-bond acceptors (Lipinski definition) is 4. The van der Waals surface area contributed by atoms with Gasteiger partial charge in [-0.1, -0.05) is 36.9 Å². The Labute approximate surface area is 145 Å². The minimum absolute atomic E-state index is 0.0602. The van der Waals surface area contributed by atoms with E-state index in [2.05, 4.69) is 22.1 Å². The highest BCUT2D eigenvalue weighted by Gasteiger charge is 2.17. The number of carbonyl (C=O) groups is 1. The summed E-state index contributed by atoms with van der Waals surface area (Å²) in [6, 6.07) is 6.55. The third-order valence-corrected chi connectivity index (χ3v) is 4.46. The standard InChI is InChI=1S/C17H21FN4OS/c1-4-10-22-16(13-8-6-7-9-14(13)18)20-21-17(22)24-11-15(23)19-12(3)5-2/h4,6-9,12H,1,5,10-11H2,2-3H3,(H,19,23). The number of nitrogens with zero attached hydrogens (tertiary/aromatic N) is 3. The van der Waals surface area contributed by atoms with Gasteiger partial charge < -0.3 is 5.32 Å². The summed E-state index contributed by atoms with van der Waals surface area (Å²) in [6.07, 6.45) is 2.57. The van der Waals surface area contributed by atoms with Crippen LogP contribution in [0.1, 0.15) is 20.3 Å². The lowest BCUT2D eigenvalue weighted by Crippen LogP contribution is -2.33. The summed E-state index contributed by atoms with van der Waals surface area (Å²) in [5.41, 5.74) is 0.378. The van der Waals surface area contributed by atoms with Crippen LogP contribution < -0.4 is 5.32 Å². The quantitative estimate of drug-likeness (QED) is 0.587. The maximum atomic E-state index is 14.0. The monoisotopic (exact) mass is 348 g/mol. The minimum Gasteiger partial charge on any atom is -0.353 e. The van der Waals surface area contributed by atoms with Gasteiger partial charge in [0.1, 0.15) is 5.82 Å². The van der Waals surface area contributed by atoms with E-state index >= 15 is 0 Å². The van der Waals surface area contributed by atoms with Gasteiger partial charge in [-0.15, -0.1) is 16.8 Å². The number of halogens is 1. The van der Waals surface area contributed by atoms with E-state index in [0.29, 0.717) is 23.1 Å². The Balaban J connectivity index is 2.18. The summed E-state index contributed by atoms with van der Waals surface area (Å²) in [7, 11) is 0. The minimum atomic E-state index is -0.360. The molecule has 2 aromatic rings. The van der Waals surface area contributed by atoms with Crippen molar-refractivity contribution in [2.75, 3.05) is 5.75 Å². The second-order valence-corrected chi connectivity index (χ2v) is 6.29. The lowest BCUT2D eigenvalue weighted by atomic mass is 10.2. The van der Waals surface area contributed by atoms with Crippen molar-refractivity contribution in [1.29, 1.82) is 0 Å². The van der Waals surface area contributed by atoms with Crippen LogP contribution in [-0.2, 0) is 11.3 Å². The molecular weight excluding hydrogens is 327 g/mol. The van der Waals surface area contributed by atoms with Gasteiger partial charge in [0.25, 0.3) is 0 Å². The number of nitrogens with one attached hydrogen (secondary N) is 1. The first-order chi connectivity index (χ1) is 11.6. The number of carbonyl (C=O) groups excluding carboxylic acids is 1. The molecule has 0 radical (unpaired) electrons. The molecule has 1 aromatic heterocycles. The van der Waals surface area contributed by atoms with Crippen LogP contribution in [-0.4, -0.2) is 32.5 Å². The maximum Gasteiger partial charge on any atom is 0.230 e. The highest BCUT2D eigenvalue weighted by Crippen LogP contribution is 2.25. The fourth-order valence-corrected chi connectivity index (χ4v) is 2.84. The third-order valence-electron chi connectivity index (χ3n) is 3.50. The summed E-state index contributed by atoms with van der Waals surface area (Å²) < 4.78 is 15.8. The number of hydrogen-bond donors (Lipinski definition) is 1. The van der Waals surface area contributed by atoms with Crippen molar-refractivity contribution in [3.8, 4) is 11.4 Å². The molecule has 1 aromatic carbocycles. The van der Waals surface area contributed by atoms with Crippen LogP contribution in [0.5, 0.6) is 0 Å². The highest BCUT2D eigenvalue weighted by molar-refractivity contribution is 7.99. The van der Waals surface area contributed by atoms with E-state index < -0.39 is 0 Å². The number of rotatable bonds is 8. The molecule has 1 N–H and O–H groups in total. The Morgan fingerprint density at radius 3 is 2.88 bits per heavy atom. The van der Waals surface area contributed by atoms with Crippen LogP contribution in [0.2, 0.25) is 0 Å². The lowest BCUT2D eigenvalue weighted by molar-refractivity contribution is -0.119. The molecule has 0 saturated carbocycles. The zero-order chi connectivity index (χ0) is 17.5. The van der Waals surface area contributed by atoms with Crippen LogP contribution in [0.4, 0.5) is 4.39 Å². The van der Waals surface area contributed by atoms with Crippen LogP contribution >= 0.6 is 11.8 Å². The Morgan fingerprint density at radius 2 is 2.21 bits per heavy atom. The predicted molar refractivity (Wildman–Crippen MR) is 94.2 cm³/mol. The molecule has 0 aliphatic carbocycles. The van der Waals surface area contributed by atoms with Gasteiger partial charge in [0.05, 0.1) is 11.3 Å². The molecule has 7 heteroatoms. The van der Waals surface area contributed by atoms with Gasteiger partial charge in [-0.3, -0.25) is 9.36 Å². The Morgan fingerprint density at radius 1 is 1.46 bits per heavy atom. The van der Waals surface area contributed by atoms with Crippen molar-refractivity contribution >= 4 is 17.7 Å². The topological polar surface area (TPSA) is 59.8 Å². The molecule has 1 heterocycles. The van der Waals surface area contributed by atoms with E-state index in [1.807, 2.05) is 13.8 Å². The van der Waals surface area contributed by atoms with Crippen molar-refractivity contribution in [2.45, 2.75) is 38.0 Å². The van der Waals surface area contributed by atoms with Crippen molar-refractivity contribution in [3.05, 3.63) is 42.7 Å². The summed E-state index contributed by atoms with van der Waals surface area (Å²) >= 11 is 1.28. The van der Waals surface area contributed by atoms with E-state index in [0.717, 1.165) is 6.42 Å². The van der Waals surface area contributed by atoms with E-state index in [1.165, 1.54) is 17.8 Å².